The number of para-hydroxylation sites is 2. The highest BCUT2D eigenvalue weighted by Crippen LogP contribution is 2.31. The lowest BCUT2D eigenvalue weighted by Crippen LogP contribution is -2.14. The van der Waals surface area contributed by atoms with Gasteiger partial charge in [0.2, 0.25) is 0 Å². The first-order chi connectivity index (χ1) is 17.7. The summed E-state index contributed by atoms with van der Waals surface area (Å²) in [4.78, 5) is 10.8. The zero-order valence-electron chi connectivity index (χ0n) is 20.3. The van der Waals surface area contributed by atoms with Gasteiger partial charge in [-0.15, -0.1) is 0 Å². The van der Waals surface area contributed by atoms with Gasteiger partial charge in [-0.05, 0) is 65.7 Å². The Morgan fingerprint density at radius 3 is 2.35 bits per heavy atom. The lowest BCUT2D eigenvalue weighted by Gasteiger charge is -2.12. The number of ether oxygens (including phenoxy) is 2. The Labute approximate surface area is 213 Å². The molecule has 0 saturated heterocycles. The summed E-state index contributed by atoms with van der Waals surface area (Å²) in [7, 11) is -1.11. The number of benzene rings is 4. The van der Waals surface area contributed by atoms with E-state index >= 15 is 0 Å². The van der Waals surface area contributed by atoms with Crippen LogP contribution in [0.5, 0.6) is 11.5 Å². The number of fused-ring (bicyclic) bond motifs is 1. The minimum atomic E-state index is -4.13. The smallest absolute Gasteiger partial charge is 0.295 e. The third-order valence-corrected chi connectivity index (χ3v) is 7.00. The molecule has 10 nitrogen and oxygen atoms in total. The number of nitro groups is 1. The molecular weight excluding hydrogens is 496 g/mol. The van der Waals surface area contributed by atoms with Crippen LogP contribution in [-0.4, -0.2) is 33.3 Å². The normalized spacial score (nSPS) is 11.7. The van der Waals surface area contributed by atoms with Gasteiger partial charge in [-0.25, -0.2) is 8.42 Å². The summed E-state index contributed by atoms with van der Waals surface area (Å²) in [6.07, 6.45) is 0. The zero-order chi connectivity index (χ0) is 26.6. The summed E-state index contributed by atoms with van der Waals surface area (Å²) in [5.74, 6) is 1.07. The van der Waals surface area contributed by atoms with Crippen LogP contribution in [0.4, 0.5) is 17.1 Å². The van der Waals surface area contributed by atoms with E-state index in [-0.39, 0.29) is 16.3 Å². The molecule has 37 heavy (non-hydrogen) atoms. The van der Waals surface area contributed by atoms with Crippen molar-refractivity contribution in [2.75, 3.05) is 24.4 Å². The topological polar surface area (TPSA) is 132 Å². The number of nitro benzene ring substituents is 1. The van der Waals surface area contributed by atoms with Crippen LogP contribution in [0.25, 0.3) is 10.8 Å². The fourth-order valence-corrected chi connectivity index (χ4v) is 4.73. The van der Waals surface area contributed by atoms with Crippen molar-refractivity contribution in [2.45, 2.75) is 11.8 Å². The molecule has 0 aliphatic rings. The minimum absolute atomic E-state index is 0.0473. The van der Waals surface area contributed by atoms with Gasteiger partial charge in [0.05, 0.1) is 35.4 Å². The van der Waals surface area contributed by atoms with Gasteiger partial charge in [-0.2, -0.15) is 5.10 Å². The van der Waals surface area contributed by atoms with Crippen LogP contribution in [-0.2, 0) is 10.0 Å². The summed E-state index contributed by atoms with van der Waals surface area (Å²) in [6, 6.07) is 21.5. The highest BCUT2D eigenvalue weighted by Gasteiger charge is 2.22. The van der Waals surface area contributed by atoms with Crippen molar-refractivity contribution in [3.8, 4) is 11.5 Å². The average molecular weight is 521 g/mol. The Bertz CT molecular complexity index is 1620. The number of hydrogen-bond donors (Lipinski definition) is 2. The van der Waals surface area contributed by atoms with E-state index in [9.17, 15) is 18.5 Å². The van der Waals surface area contributed by atoms with Gasteiger partial charge in [-0.3, -0.25) is 20.3 Å². The van der Waals surface area contributed by atoms with Gasteiger partial charge in [0.1, 0.15) is 17.2 Å². The molecule has 0 aliphatic heterocycles. The number of nitrogens with one attached hydrogen (secondary N) is 2. The number of hydrazone groups is 1. The molecule has 0 fully saturated rings. The molecule has 0 radical (unpaired) electrons. The van der Waals surface area contributed by atoms with Crippen LogP contribution >= 0.6 is 0 Å². The van der Waals surface area contributed by atoms with Gasteiger partial charge >= 0.3 is 0 Å². The SMILES string of the molecule is COc1ccc2cc(/C(C)=N\Nc3ccc(S(=O)(=O)Nc4ccccc4OC)cc3[N+](=O)[O-])ccc2c1. The van der Waals surface area contributed by atoms with Crippen molar-refractivity contribution in [1.82, 2.24) is 0 Å². The number of sulfonamides is 1. The standard InChI is InChI=1S/C26H24N4O6S/c1-17(18-8-9-20-15-21(35-2)11-10-19(20)14-18)27-28-23-13-12-22(16-25(23)30(31)32)37(33,34)29-24-6-4-5-7-26(24)36-3/h4-16,28-29H,1-3H3/b27-17-. The van der Waals surface area contributed by atoms with Crippen LogP contribution in [0.1, 0.15) is 12.5 Å². The second-order valence-electron chi connectivity index (χ2n) is 7.98. The third-order valence-electron chi connectivity index (χ3n) is 5.64. The molecule has 0 spiro atoms. The second kappa shape index (κ2) is 10.5. The van der Waals surface area contributed by atoms with Crippen molar-refractivity contribution < 1.29 is 22.8 Å². The van der Waals surface area contributed by atoms with Crippen LogP contribution in [0, 0.1) is 10.1 Å². The van der Waals surface area contributed by atoms with E-state index < -0.39 is 20.6 Å². The van der Waals surface area contributed by atoms with Gasteiger partial charge in [0.25, 0.3) is 15.7 Å². The van der Waals surface area contributed by atoms with Crippen molar-refractivity contribution in [3.05, 3.63) is 94.5 Å². The molecule has 4 aromatic carbocycles. The number of methoxy groups -OCH3 is 2. The van der Waals surface area contributed by atoms with E-state index in [1.165, 1.54) is 25.3 Å². The van der Waals surface area contributed by atoms with Gasteiger partial charge in [0, 0.05) is 6.07 Å². The van der Waals surface area contributed by atoms with Gasteiger partial charge in [0.15, 0.2) is 0 Å². The average Bonchev–Trinajstić information content (AvgIpc) is 2.90. The van der Waals surface area contributed by atoms with E-state index in [0.717, 1.165) is 28.2 Å². The van der Waals surface area contributed by atoms with Crippen molar-refractivity contribution in [3.63, 3.8) is 0 Å². The summed E-state index contributed by atoms with van der Waals surface area (Å²) >= 11 is 0. The van der Waals surface area contributed by atoms with E-state index in [4.69, 9.17) is 9.47 Å². The molecule has 0 aromatic heterocycles. The van der Waals surface area contributed by atoms with Crippen LogP contribution < -0.4 is 19.6 Å². The van der Waals surface area contributed by atoms with Crippen molar-refractivity contribution in [2.24, 2.45) is 5.10 Å². The Hall–Kier alpha value is -4.64. The molecule has 0 atom stereocenters. The molecule has 0 aliphatic carbocycles. The Morgan fingerprint density at radius 2 is 1.62 bits per heavy atom. The van der Waals surface area contributed by atoms with E-state index in [2.05, 4.69) is 15.2 Å². The fourth-order valence-electron chi connectivity index (χ4n) is 3.64. The first-order valence-corrected chi connectivity index (χ1v) is 12.5. The monoisotopic (exact) mass is 520 g/mol. The maximum Gasteiger partial charge on any atom is 0.295 e. The summed E-state index contributed by atoms with van der Waals surface area (Å²) < 4.78 is 38.6. The molecule has 0 unspecified atom stereocenters. The number of anilines is 2. The Balaban J connectivity index is 1.59. The van der Waals surface area contributed by atoms with Crippen LogP contribution in [0.3, 0.4) is 0 Å². The zero-order valence-corrected chi connectivity index (χ0v) is 21.1. The Kier molecular flexibility index (Phi) is 7.25. The quantitative estimate of drug-likeness (QED) is 0.171. The Morgan fingerprint density at radius 1 is 0.892 bits per heavy atom. The summed E-state index contributed by atoms with van der Waals surface area (Å²) in [5.41, 5.74) is 3.91. The van der Waals surface area contributed by atoms with E-state index in [1.54, 1.807) is 32.2 Å². The first-order valence-electron chi connectivity index (χ1n) is 11.0. The maximum atomic E-state index is 12.9. The van der Waals surface area contributed by atoms with Gasteiger partial charge in [-0.1, -0.05) is 30.3 Å². The molecule has 190 valence electrons. The molecule has 4 rings (SSSR count). The third kappa shape index (κ3) is 5.62. The maximum absolute atomic E-state index is 12.9. The molecule has 0 amide bonds. The predicted molar refractivity (Wildman–Crippen MR) is 143 cm³/mol. The second-order valence-corrected chi connectivity index (χ2v) is 9.66. The lowest BCUT2D eigenvalue weighted by atomic mass is 10.0. The van der Waals surface area contributed by atoms with Crippen LogP contribution in [0.15, 0.2) is 88.9 Å². The van der Waals surface area contributed by atoms with E-state index in [0.29, 0.717) is 11.5 Å². The largest absolute Gasteiger partial charge is 0.497 e. The summed E-state index contributed by atoms with van der Waals surface area (Å²) in [6.45, 7) is 1.76. The highest BCUT2D eigenvalue weighted by molar-refractivity contribution is 7.92. The molecule has 0 bridgehead atoms. The highest BCUT2D eigenvalue weighted by atomic mass is 32.2. The minimum Gasteiger partial charge on any atom is -0.497 e. The molecule has 2 N–H and O–H groups in total. The molecule has 0 saturated carbocycles. The number of nitrogens with zero attached hydrogens (tertiary/aromatic N) is 2. The predicted octanol–water partition coefficient (Wildman–Crippen LogP) is 5.40. The van der Waals surface area contributed by atoms with Crippen molar-refractivity contribution in [1.29, 1.82) is 0 Å². The molecule has 4 aromatic rings. The fraction of sp³-hybridized carbons (Fsp3) is 0.115. The first kappa shape index (κ1) is 25.5. The summed E-state index contributed by atoms with van der Waals surface area (Å²) in [5, 5.41) is 18.0. The lowest BCUT2D eigenvalue weighted by molar-refractivity contribution is -0.384. The number of rotatable bonds is 9. The van der Waals surface area contributed by atoms with Gasteiger partial charge < -0.3 is 9.47 Å². The molecule has 0 heterocycles. The van der Waals surface area contributed by atoms with Crippen LogP contribution in [0.2, 0.25) is 0 Å². The molecular formula is C26H24N4O6S. The number of hydrogen-bond acceptors (Lipinski definition) is 8. The van der Waals surface area contributed by atoms with Crippen molar-refractivity contribution >= 4 is 43.6 Å². The molecule has 11 heteroatoms. The van der Waals surface area contributed by atoms with E-state index in [1.807, 2.05) is 36.4 Å².